The Labute approximate surface area is 259 Å². The molecule has 0 aliphatic carbocycles. The number of unbranched alkanes of at least 4 members (excludes halogenated alkanes) is 9. The van der Waals surface area contributed by atoms with Gasteiger partial charge in [-0.2, -0.15) is 0 Å². The molecule has 0 spiro atoms. The standard InChI is InChI=1S/C39H56N2Si/c1-7-10-13-15-16-17-19-28-37-36(27-18-14-11-8-2)38(34-25-20-23-32(29-34)22-12-9-3)41(40)39(37)35-26-21-24-33(30-35)31-42(4,5)6/h20-21,23-26,29-30H,7-18,22,27,31H2,1-6H3. The highest BCUT2D eigenvalue weighted by Crippen LogP contribution is 2.42. The molecule has 0 bridgehead atoms. The van der Waals surface area contributed by atoms with Gasteiger partial charge in [0.05, 0.1) is 0 Å². The molecule has 3 rings (SSSR count). The van der Waals surface area contributed by atoms with Crippen molar-refractivity contribution in [1.82, 2.24) is 0 Å². The zero-order valence-corrected chi connectivity index (χ0v) is 28.6. The van der Waals surface area contributed by atoms with Gasteiger partial charge in [-0.3, -0.25) is 0 Å². The molecule has 0 saturated carbocycles. The summed E-state index contributed by atoms with van der Waals surface area (Å²) < 4.78 is 1.49. The molecule has 0 N–H and O–H groups in total. The zero-order valence-electron chi connectivity index (χ0n) is 27.6. The van der Waals surface area contributed by atoms with Crippen LogP contribution in [0.2, 0.25) is 19.6 Å². The summed E-state index contributed by atoms with van der Waals surface area (Å²) in [6, 6.07) is 18.9. The summed E-state index contributed by atoms with van der Waals surface area (Å²) in [4.78, 5) is 0. The summed E-state index contributed by atoms with van der Waals surface area (Å²) in [5.74, 6) is 7.18. The minimum absolute atomic E-state index is 0.866. The molecule has 0 fully saturated rings. The second-order valence-corrected chi connectivity index (χ2v) is 18.9. The highest BCUT2D eigenvalue weighted by atomic mass is 28.3. The summed E-state index contributed by atoms with van der Waals surface area (Å²) in [7, 11) is -1.29. The number of allylic oxidation sites excluding steroid dienone is 2. The van der Waals surface area contributed by atoms with E-state index in [1.807, 2.05) is 0 Å². The van der Waals surface area contributed by atoms with Gasteiger partial charge in [-0.1, -0.05) is 128 Å². The van der Waals surface area contributed by atoms with Crippen molar-refractivity contribution >= 4 is 19.5 Å². The van der Waals surface area contributed by atoms with Gasteiger partial charge in [0.25, 0.3) is 0 Å². The van der Waals surface area contributed by atoms with E-state index in [0.29, 0.717) is 0 Å². The molecule has 42 heavy (non-hydrogen) atoms. The topological polar surface area (TPSA) is 25.3 Å². The maximum atomic E-state index is 12.0. The quantitative estimate of drug-likeness (QED) is 0.0769. The van der Waals surface area contributed by atoms with Gasteiger partial charge in [0.2, 0.25) is 11.4 Å². The van der Waals surface area contributed by atoms with Crippen molar-refractivity contribution in [1.29, 1.82) is 0 Å². The second kappa shape index (κ2) is 17.4. The van der Waals surface area contributed by atoms with Gasteiger partial charge in [0.15, 0.2) is 0 Å². The molecule has 0 unspecified atom stereocenters. The fourth-order valence-corrected chi connectivity index (χ4v) is 7.39. The van der Waals surface area contributed by atoms with E-state index in [0.717, 1.165) is 66.2 Å². The molecule has 1 heterocycles. The zero-order chi connectivity index (χ0) is 30.4. The van der Waals surface area contributed by atoms with E-state index in [9.17, 15) is 5.53 Å². The summed E-state index contributed by atoms with van der Waals surface area (Å²) in [5.41, 5.74) is 21.0. The fraction of sp³-hybridized carbons (Fsp3) is 0.538. The molecule has 2 aromatic carbocycles. The molecular formula is C39H56N2Si. The summed E-state index contributed by atoms with van der Waals surface area (Å²) >= 11 is 0. The molecule has 2 aromatic rings. The van der Waals surface area contributed by atoms with Gasteiger partial charge < -0.3 is 5.53 Å². The van der Waals surface area contributed by atoms with E-state index in [1.165, 1.54) is 79.2 Å². The Bertz CT molecular complexity index is 1300. The van der Waals surface area contributed by atoms with Crippen LogP contribution in [0, 0.1) is 11.8 Å². The van der Waals surface area contributed by atoms with E-state index in [4.69, 9.17) is 0 Å². The Balaban J connectivity index is 2.10. The van der Waals surface area contributed by atoms with Crippen molar-refractivity contribution in [2.75, 3.05) is 0 Å². The van der Waals surface area contributed by atoms with Gasteiger partial charge >= 0.3 is 0 Å². The molecule has 226 valence electrons. The van der Waals surface area contributed by atoms with Gasteiger partial charge in [-0.05, 0) is 73.5 Å². The smallest absolute Gasteiger partial charge is 0.223 e. The first-order valence-electron chi connectivity index (χ1n) is 16.9. The molecule has 0 atom stereocenters. The molecule has 3 heteroatoms. The summed E-state index contributed by atoms with van der Waals surface area (Å²) in [5, 5.41) is 0. The minimum atomic E-state index is -1.29. The van der Waals surface area contributed by atoms with Crippen molar-refractivity contribution in [3.63, 3.8) is 0 Å². The first kappa shape index (κ1) is 33.8. The maximum absolute atomic E-state index is 12.0. The largest absolute Gasteiger partial charge is 0.493 e. The van der Waals surface area contributed by atoms with Crippen LogP contribution < -0.4 is 0 Å². The third-order valence-electron chi connectivity index (χ3n) is 8.10. The van der Waals surface area contributed by atoms with Gasteiger partial charge in [0, 0.05) is 31.2 Å². The van der Waals surface area contributed by atoms with E-state index in [1.54, 1.807) is 0 Å². The Morgan fingerprint density at radius 3 is 1.93 bits per heavy atom. The number of nitrogens with zero attached hydrogens (tertiary/aromatic N) is 2. The Hall–Kier alpha value is -2.70. The molecule has 0 aromatic heterocycles. The number of aryl methyl sites for hydroxylation is 1. The second-order valence-electron chi connectivity index (χ2n) is 13.4. The normalized spacial score (nSPS) is 13.6. The van der Waals surface area contributed by atoms with Crippen LogP contribution in [0.25, 0.3) is 16.9 Å². The monoisotopic (exact) mass is 580 g/mol. The first-order chi connectivity index (χ1) is 20.3. The third-order valence-corrected chi connectivity index (χ3v) is 9.57. The molecular weight excluding hydrogens is 525 g/mol. The fourth-order valence-electron chi connectivity index (χ4n) is 5.94. The van der Waals surface area contributed by atoms with Crippen molar-refractivity contribution in [2.24, 2.45) is 0 Å². The van der Waals surface area contributed by atoms with Crippen LogP contribution in [-0.2, 0) is 12.5 Å². The first-order valence-corrected chi connectivity index (χ1v) is 20.6. The lowest BCUT2D eigenvalue weighted by atomic mass is 9.94. The van der Waals surface area contributed by atoms with Crippen LogP contribution in [0.4, 0.5) is 0 Å². The summed E-state index contributed by atoms with van der Waals surface area (Å²) in [6.07, 6.45) is 16.3. The van der Waals surface area contributed by atoms with Crippen molar-refractivity contribution in [2.45, 2.75) is 136 Å². The molecule has 1 aliphatic heterocycles. The van der Waals surface area contributed by atoms with Crippen LogP contribution in [0.3, 0.4) is 0 Å². The Morgan fingerprint density at radius 2 is 1.26 bits per heavy atom. The van der Waals surface area contributed by atoms with Gasteiger partial charge in [0.1, 0.15) is 5.57 Å². The lowest BCUT2D eigenvalue weighted by molar-refractivity contribution is -0.345. The van der Waals surface area contributed by atoms with E-state index >= 15 is 0 Å². The predicted molar refractivity (Wildman–Crippen MR) is 186 cm³/mol. The Morgan fingerprint density at radius 1 is 0.667 bits per heavy atom. The highest BCUT2D eigenvalue weighted by Gasteiger charge is 2.35. The molecule has 2 nitrogen and oxygen atoms in total. The van der Waals surface area contributed by atoms with Crippen molar-refractivity contribution in [3.05, 3.63) is 87.5 Å². The minimum Gasteiger partial charge on any atom is -0.493 e. The molecule has 0 radical (unpaired) electrons. The SMILES string of the molecule is CCCCCCCC#CC1=C(c2cccc(C[Si](C)(C)C)c2)[N+](=[N-])C(c2cccc(CCCC)c2)=C1CCCCCC. The highest BCUT2D eigenvalue weighted by molar-refractivity contribution is 6.75. The average Bonchev–Trinajstić information content (AvgIpc) is 3.23. The molecule has 1 aliphatic rings. The van der Waals surface area contributed by atoms with Crippen molar-refractivity contribution < 1.29 is 4.70 Å². The van der Waals surface area contributed by atoms with Gasteiger partial charge in [-0.15, -0.1) is 0 Å². The van der Waals surface area contributed by atoms with Crippen LogP contribution in [0.1, 0.15) is 126 Å². The van der Waals surface area contributed by atoms with Crippen LogP contribution in [0.15, 0.2) is 59.7 Å². The Kier molecular flexibility index (Phi) is 14.0. The third kappa shape index (κ3) is 10.2. The number of hydrogen-bond acceptors (Lipinski definition) is 0. The molecule has 0 amide bonds. The van der Waals surface area contributed by atoms with Crippen LogP contribution in [-0.4, -0.2) is 12.8 Å². The predicted octanol–water partition coefficient (Wildman–Crippen LogP) is 12.0. The van der Waals surface area contributed by atoms with Crippen LogP contribution in [0.5, 0.6) is 0 Å². The van der Waals surface area contributed by atoms with Crippen molar-refractivity contribution in [3.8, 4) is 11.8 Å². The van der Waals surface area contributed by atoms with Crippen LogP contribution >= 0.6 is 0 Å². The number of benzene rings is 2. The maximum Gasteiger partial charge on any atom is 0.223 e. The number of rotatable bonds is 17. The lowest BCUT2D eigenvalue weighted by Gasteiger charge is -2.16. The summed E-state index contributed by atoms with van der Waals surface area (Å²) in [6.45, 7) is 14.0. The lowest BCUT2D eigenvalue weighted by Crippen LogP contribution is -2.23. The molecule has 0 saturated heterocycles. The van der Waals surface area contributed by atoms with E-state index < -0.39 is 8.07 Å². The van der Waals surface area contributed by atoms with Gasteiger partial charge in [-0.25, -0.2) is 4.70 Å². The van der Waals surface area contributed by atoms with E-state index in [-0.39, 0.29) is 0 Å². The number of hydrogen-bond donors (Lipinski definition) is 0. The van der Waals surface area contributed by atoms with E-state index in [2.05, 4.69) is 101 Å². The average molecular weight is 581 g/mol.